The van der Waals surface area contributed by atoms with Gasteiger partial charge in [-0.3, -0.25) is 9.59 Å². The van der Waals surface area contributed by atoms with Gasteiger partial charge < -0.3 is 19.9 Å². The highest BCUT2D eigenvalue weighted by Crippen LogP contribution is 2.25. The average Bonchev–Trinajstić information content (AvgIpc) is 3.49. The smallest absolute Gasteiger partial charge is 0.183 e. The molecule has 5 rings (SSSR count). The van der Waals surface area contributed by atoms with Crippen molar-refractivity contribution in [1.82, 2.24) is 4.57 Å². The Morgan fingerprint density at radius 2 is 1.61 bits per heavy atom. The summed E-state index contributed by atoms with van der Waals surface area (Å²) in [5.74, 6) is 0.0692. The maximum Gasteiger partial charge on any atom is 0.183 e. The van der Waals surface area contributed by atoms with Gasteiger partial charge in [-0.1, -0.05) is 18.2 Å². The second-order valence-electron chi connectivity index (χ2n) is 10.5. The molecular weight excluding hydrogens is 512 g/mol. The molecule has 0 unspecified atom stereocenters. The molecule has 0 spiro atoms. The van der Waals surface area contributed by atoms with Crippen LogP contribution in [0.5, 0.6) is 0 Å². The number of Topliss-reactive ketones (excluding diaryl/α,β-unsaturated/α-hetero) is 2. The van der Waals surface area contributed by atoms with Crippen LogP contribution in [0, 0.1) is 11.3 Å². The van der Waals surface area contributed by atoms with Crippen molar-refractivity contribution in [3.05, 3.63) is 113 Å². The Morgan fingerprint density at radius 3 is 2.29 bits per heavy atom. The van der Waals surface area contributed by atoms with Gasteiger partial charge in [0.1, 0.15) is 6.07 Å². The van der Waals surface area contributed by atoms with E-state index in [1.807, 2.05) is 90.5 Å². The predicted molar refractivity (Wildman–Crippen MR) is 161 cm³/mol. The number of aliphatic hydroxyl groups is 1. The third-order valence-corrected chi connectivity index (χ3v) is 7.64. The van der Waals surface area contributed by atoms with E-state index in [1.54, 1.807) is 6.07 Å². The minimum absolute atomic E-state index is 0.00782. The minimum Gasteiger partial charge on any atom is -0.393 e. The van der Waals surface area contributed by atoms with Crippen LogP contribution in [-0.2, 0) is 19.4 Å². The SMILES string of the molecule is CCn1cccc1C(=O)Cc1ccc(Nc2ccc(CC(=O)c3ccc(N4CCC(O)CC4)cc3)cc2C#N)cc1. The quantitative estimate of drug-likeness (QED) is 0.239. The standard InChI is InChI=1S/C34H34N4O3/c1-2-37-17-3-4-32(37)34(41)21-24-5-10-28(11-6-24)36-31-14-7-25(20-27(31)23-35)22-33(40)26-8-12-29(13-9-26)38-18-15-30(39)16-19-38/h3-14,17,20,30,36,39H,2,15-16,18-19,21-22H2,1H3. The lowest BCUT2D eigenvalue weighted by atomic mass is 10.00. The molecule has 0 saturated carbocycles. The largest absolute Gasteiger partial charge is 0.393 e. The molecule has 1 saturated heterocycles. The number of benzene rings is 3. The van der Waals surface area contributed by atoms with E-state index in [4.69, 9.17) is 0 Å². The molecule has 2 heterocycles. The van der Waals surface area contributed by atoms with E-state index in [0.717, 1.165) is 55.0 Å². The van der Waals surface area contributed by atoms with E-state index >= 15 is 0 Å². The highest BCUT2D eigenvalue weighted by Gasteiger charge is 2.18. The van der Waals surface area contributed by atoms with E-state index in [1.165, 1.54) is 0 Å². The molecule has 0 atom stereocenters. The third kappa shape index (κ3) is 6.74. The first-order chi connectivity index (χ1) is 19.9. The van der Waals surface area contributed by atoms with Crippen molar-refractivity contribution in [3.63, 3.8) is 0 Å². The highest BCUT2D eigenvalue weighted by molar-refractivity contribution is 5.98. The number of piperidine rings is 1. The van der Waals surface area contributed by atoms with Gasteiger partial charge in [0, 0.05) is 55.6 Å². The topological polar surface area (TPSA) is 98.4 Å². The number of aromatic nitrogens is 1. The van der Waals surface area contributed by atoms with Crippen LogP contribution in [0.3, 0.4) is 0 Å². The van der Waals surface area contributed by atoms with Crippen molar-refractivity contribution in [2.24, 2.45) is 0 Å². The van der Waals surface area contributed by atoms with Crippen LogP contribution < -0.4 is 10.2 Å². The van der Waals surface area contributed by atoms with Gasteiger partial charge >= 0.3 is 0 Å². The number of nitriles is 1. The highest BCUT2D eigenvalue weighted by atomic mass is 16.3. The van der Waals surface area contributed by atoms with Crippen LogP contribution in [0.1, 0.15) is 57.3 Å². The number of hydrogen-bond acceptors (Lipinski definition) is 6. The van der Waals surface area contributed by atoms with Gasteiger partial charge in [-0.2, -0.15) is 5.26 Å². The molecule has 7 heteroatoms. The fourth-order valence-electron chi connectivity index (χ4n) is 5.25. The van der Waals surface area contributed by atoms with Gasteiger partial charge in [-0.15, -0.1) is 0 Å². The van der Waals surface area contributed by atoms with Crippen molar-refractivity contribution >= 4 is 28.6 Å². The first kappa shape index (κ1) is 27.9. The number of nitrogens with zero attached hydrogens (tertiary/aromatic N) is 3. The Morgan fingerprint density at radius 1 is 0.927 bits per heavy atom. The number of anilines is 3. The number of carbonyl (C=O) groups is 2. The molecule has 1 aliphatic rings. The summed E-state index contributed by atoms with van der Waals surface area (Å²) in [7, 11) is 0. The van der Waals surface area contributed by atoms with Crippen molar-refractivity contribution in [2.45, 2.75) is 45.3 Å². The first-order valence-corrected chi connectivity index (χ1v) is 14.1. The van der Waals surface area contributed by atoms with Gasteiger partial charge in [0.25, 0.3) is 0 Å². The molecule has 0 amide bonds. The van der Waals surface area contributed by atoms with Crippen molar-refractivity contribution < 1.29 is 14.7 Å². The zero-order chi connectivity index (χ0) is 28.8. The summed E-state index contributed by atoms with van der Waals surface area (Å²) >= 11 is 0. The van der Waals surface area contributed by atoms with Crippen LogP contribution in [0.25, 0.3) is 0 Å². The molecule has 41 heavy (non-hydrogen) atoms. The summed E-state index contributed by atoms with van der Waals surface area (Å²) < 4.78 is 1.94. The summed E-state index contributed by atoms with van der Waals surface area (Å²) in [6, 6.07) is 26.7. The van der Waals surface area contributed by atoms with Crippen LogP contribution in [0.4, 0.5) is 17.1 Å². The number of aryl methyl sites for hydroxylation is 1. The van der Waals surface area contributed by atoms with Crippen LogP contribution in [-0.4, -0.2) is 40.4 Å². The number of aliphatic hydroxyl groups excluding tert-OH is 1. The summed E-state index contributed by atoms with van der Waals surface area (Å²) in [6.45, 7) is 4.39. The molecule has 1 aromatic heterocycles. The number of hydrogen-bond donors (Lipinski definition) is 2. The lowest BCUT2D eigenvalue weighted by molar-refractivity contribution is 0.0979. The molecular formula is C34H34N4O3. The van der Waals surface area contributed by atoms with E-state index < -0.39 is 0 Å². The molecule has 4 aromatic rings. The first-order valence-electron chi connectivity index (χ1n) is 14.1. The Bertz CT molecular complexity index is 1560. The van der Waals surface area contributed by atoms with E-state index in [2.05, 4.69) is 16.3 Å². The van der Waals surface area contributed by atoms with E-state index in [9.17, 15) is 20.0 Å². The van der Waals surface area contributed by atoms with Gasteiger partial charge in [-0.25, -0.2) is 0 Å². The molecule has 2 N–H and O–H groups in total. The van der Waals surface area contributed by atoms with Crippen LogP contribution in [0.2, 0.25) is 0 Å². The van der Waals surface area contributed by atoms with Crippen molar-refractivity contribution in [3.8, 4) is 6.07 Å². The Labute approximate surface area is 240 Å². The molecule has 7 nitrogen and oxygen atoms in total. The van der Waals surface area contributed by atoms with Crippen LogP contribution >= 0.6 is 0 Å². The molecule has 3 aromatic carbocycles. The fraction of sp³-hybridized carbons (Fsp3) is 0.265. The number of carbonyl (C=O) groups excluding carboxylic acids is 2. The third-order valence-electron chi connectivity index (χ3n) is 7.64. The Hall–Kier alpha value is -4.67. The maximum absolute atomic E-state index is 13.0. The second-order valence-corrected chi connectivity index (χ2v) is 10.5. The molecule has 0 aliphatic carbocycles. The minimum atomic E-state index is -0.223. The fourth-order valence-corrected chi connectivity index (χ4v) is 5.25. The van der Waals surface area contributed by atoms with Gasteiger partial charge in [0.05, 0.1) is 23.0 Å². The second kappa shape index (κ2) is 12.7. The summed E-state index contributed by atoms with van der Waals surface area (Å²) in [6.07, 6.45) is 3.73. The molecule has 1 fully saturated rings. The zero-order valence-corrected chi connectivity index (χ0v) is 23.2. The lowest BCUT2D eigenvalue weighted by Crippen LogP contribution is -2.35. The lowest BCUT2D eigenvalue weighted by Gasteiger charge is -2.31. The van der Waals surface area contributed by atoms with Crippen molar-refractivity contribution in [2.75, 3.05) is 23.3 Å². The number of ketones is 2. The average molecular weight is 547 g/mol. The monoisotopic (exact) mass is 546 g/mol. The van der Waals surface area contributed by atoms with Gasteiger partial charge in [-0.05, 0) is 91.6 Å². The predicted octanol–water partition coefficient (Wildman–Crippen LogP) is 5.94. The Balaban J connectivity index is 1.20. The molecule has 0 radical (unpaired) electrons. The van der Waals surface area contributed by atoms with E-state index in [-0.39, 0.29) is 24.1 Å². The summed E-state index contributed by atoms with van der Waals surface area (Å²) in [4.78, 5) is 27.9. The molecule has 0 bridgehead atoms. The molecule has 1 aliphatic heterocycles. The van der Waals surface area contributed by atoms with Gasteiger partial charge in [0.2, 0.25) is 0 Å². The zero-order valence-electron chi connectivity index (χ0n) is 23.2. The van der Waals surface area contributed by atoms with Crippen LogP contribution in [0.15, 0.2) is 85.1 Å². The number of rotatable bonds is 10. The van der Waals surface area contributed by atoms with Crippen molar-refractivity contribution in [1.29, 1.82) is 5.26 Å². The summed E-state index contributed by atoms with van der Waals surface area (Å²) in [5.41, 5.74) is 6.01. The maximum atomic E-state index is 13.0. The normalized spacial score (nSPS) is 13.5. The number of nitrogens with one attached hydrogen (secondary N) is 1. The van der Waals surface area contributed by atoms with Gasteiger partial charge in [0.15, 0.2) is 11.6 Å². The molecule has 208 valence electrons. The Kier molecular flexibility index (Phi) is 8.61. The van der Waals surface area contributed by atoms with E-state index in [0.29, 0.717) is 28.9 Å². The summed E-state index contributed by atoms with van der Waals surface area (Å²) in [5, 5.41) is 22.8.